The Morgan fingerprint density at radius 1 is 1.44 bits per heavy atom. The van der Waals surface area contributed by atoms with Crippen LogP contribution >= 0.6 is 28.3 Å². The topological polar surface area (TPSA) is 58.2 Å². The molecule has 2 rings (SSSR count). The third-order valence-corrected chi connectivity index (χ3v) is 4.71. The Balaban J connectivity index is 0.00000162. The summed E-state index contributed by atoms with van der Waals surface area (Å²) in [4.78, 5) is 0.0673. The highest BCUT2D eigenvalue weighted by atomic mass is 79.9. The molecule has 1 saturated heterocycles. The zero-order chi connectivity index (χ0) is 12.5. The lowest BCUT2D eigenvalue weighted by molar-refractivity contribution is 0.559. The van der Waals surface area contributed by atoms with Gasteiger partial charge in [-0.05, 0) is 47.1 Å². The molecule has 4 nitrogen and oxygen atoms in total. The van der Waals surface area contributed by atoms with Crippen molar-refractivity contribution in [2.75, 3.05) is 13.1 Å². The Kier molecular flexibility index (Phi) is 5.54. The van der Waals surface area contributed by atoms with E-state index in [9.17, 15) is 12.8 Å². The largest absolute Gasteiger partial charge is 0.315 e. The van der Waals surface area contributed by atoms with Gasteiger partial charge in [0.1, 0.15) is 5.82 Å². The Labute approximate surface area is 120 Å². The minimum Gasteiger partial charge on any atom is -0.315 e. The van der Waals surface area contributed by atoms with Gasteiger partial charge in [-0.3, -0.25) is 0 Å². The van der Waals surface area contributed by atoms with Crippen LogP contribution in [0.2, 0.25) is 0 Å². The highest BCUT2D eigenvalue weighted by molar-refractivity contribution is 9.10. The van der Waals surface area contributed by atoms with Crippen LogP contribution in [0, 0.1) is 5.82 Å². The maximum absolute atomic E-state index is 13.0. The maximum atomic E-state index is 13.0. The zero-order valence-electron chi connectivity index (χ0n) is 9.32. The molecule has 0 aliphatic carbocycles. The van der Waals surface area contributed by atoms with Gasteiger partial charge in [0, 0.05) is 12.6 Å². The van der Waals surface area contributed by atoms with E-state index >= 15 is 0 Å². The van der Waals surface area contributed by atoms with Crippen LogP contribution in [0.25, 0.3) is 0 Å². The average molecular weight is 360 g/mol. The minimum absolute atomic E-state index is 0. The number of benzene rings is 1. The number of hydrogen-bond acceptors (Lipinski definition) is 3. The quantitative estimate of drug-likeness (QED) is 0.863. The number of rotatable bonds is 3. The van der Waals surface area contributed by atoms with Crippen molar-refractivity contribution >= 4 is 38.4 Å². The van der Waals surface area contributed by atoms with E-state index in [1.807, 2.05) is 0 Å². The van der Waals surface area contributed by atoms with Gasteiger partial charge in [0.05, 0.1) is 9.37 Å². The van der Waals surface area contributed by atoms with E-state index in [0.717, 1.165) is 19.0 Å². The van der Waals surface area contributed by atoms with Gasteiger partial charge in [0.2, 0.25) is 10.0 Å². The van der Waals surface area contributed by atoms with E-state index in [1.54, 1.807) is 0 Å². The summed E-state index contributed by atoms with van der Waals surface area (Å²) < 4.78 is 39.7. The van der Waals surface area contributed by atoms with Crippen LogP contribution in [-0.4, -0.2) is 27.5 Å². The van der Waals surface area contributed by atoms with Gasteiger partial charge in [-0.25, -0.2) is 17.5 Å². The molecule has 1 atom stereocenters. The summed E-state index contributed by atoms with van der Waals surface area (Å²) in [5.74, 6) is -0.480. The van der Waals surface area contributed by atoms with Gasteiger partial charge in [0.25, 0.3) is 0 Å². The standard InChI is InChI=1S/C10H12BrFN2O2S.ClH/c11-9-5-8(1-2-10(9)12)17(15,16)14-7-3-4-13-6-7;/h1-2,5,7,13-14H,3-4,6H2;1H. The van der Waals surface area contributed by atoms with Gasteiger partial charge in [-0.2, -0.15) is 0 Å². The first kappa shape index (κ1) is 15.8. The summed E-state index contributed by atoms with van der Waals surface area (Å²) in [7, 11) is -3.57. The van der Waals surface area contributed by atoms with Crippen molar-refractivity contribution in [1.29, 1.82) is 0 Å². The zero-order valence-corrected chi connectivity index (χ0v) is 12.5. The molecule has 2 N–H and O–H groups in total. The number of halogens is 3. The molecule has 1 heterocycles. The van der Waals surface area contributed by atoms with E-state index in [-0.39, 0.29) is 27.8 Å². The van der Waals surface area contributed by atoms with Crippen molar-refractivity contribution in [1.82, 2.24) is 10.0 Å². The third-order valence-electron chi connectivity index (χ3n) is 2.58. The molecule has 1 unspecified atom stereocenters. The first-order valence-electron chi connectivity index (χ1n) is 5.17. The average Bonchev–Trinajstić information content (AvgIpc) is 2.73. The fraction of sp³-hybridized carbons (Fsp3) is 0.400. The molecule has 1 aliphatic rings. The Hall–Kier alpha value is -0.210. The van der Waals surface area contributed by atoms with Gasteiger partial charge >= 0.3 is 0 Å². The van der Waals surface area contributed by atoms with E-state index in [2.05, 4.69) is 26.0 Å². The predicted molar refractivity (Wildman–Crippen MR) is 72.9 cm³/mol. The van der Waals surface area contributed by atoms with Crippen LogP contribution in [0.1, 0.15) is 6.42 Å². The molecule has 0 radical (unpaired) electrons. The van der Waals surface area contributed by atoms with E-state index < -0.39 is 15.8 Å². The highest BCUT2D eigenvalue weighted by Crippen LogP contribution is 2.20. The summed E-state index contributed by atoms with van der Waals surface area (Å²) >= 11 is 2.97. The van der Waals surface area contributed by atoms with Crippen LogP contribution in [-0.2, 0) is 10.0 Å². The molecule has 0 bridgehead atoms. The molecule has 1 aromatic rings. The lowest BCUT2D eigenvalue weighted by Gasteiger charge is -2.12. The monoisotopic (exact) mass is 358 g/mol. The van der Waals surface area contributed by atoms with Gasteiger partial charge < -0.3 is 5.32 Å². The van der Waals surface area contributed by atoms with Crippen molar-refractivity contribution in [3.8, 4) is 0 Å². The molecule has 18 heavy (non-hydrogen) atoms. The molecule has 0 amide bonds. The van der Waals surface area contributed by atoms with Crippen LogP contribution in [0.4, 0.5) is 4.39 Å². The number of sulfonamides is 1. The summed E-state index contributed by atoms with van der Waals surface area (Å²) in [6.45, 7) is 1.43. The van der Waals surface area contributed by atoms with E-state index in [1.165, 1.54) is 12.1 Å². The van der Waals surface area contributed by atoms with Crippen LogP contribution in [0.15, 0.2) is 27.6 Å². The summed E-state index contributed by atoms with van der Waals surface area (Å²) in [6, 6.07) is 3.56. The molecular formula is C10H13BrClFN2O2S. The Morgan fingerprint density at radius 2 is 2.17 bits per heavy atom. The fourth-order valence-electron chi connectivity index (χ4n) is 1.69. The smallest absolute Gasteiger partial charge is 0.240 e. The van der Waals surface area contributed by atoms with E-state index in [0.29, 0.717) is 6.54 Å². The molecule has 0 saturated carbocycles. The Morgan fingerprint density at radius 3 is 2.72 bits per heavy atom. The van der Waals surface area contributed by atoms with Gasteiger partial charge in [0.15, 0.2) is 0 Å². The molecule has 8 heteroatoms. The molecule has 0 aromatic heterocycles. The van der Waals surface area contributed by atoms with Gasteiger partial charge in [-0.1, -0.05) is 0 Å². The fourth-order valence-corrected chi connectivity index (χ4v) is 3.51. The normalized spacial score (nSPS) is 19.6. The first-order valence-corrected chi connectivity index (χ1v) is 7.45. The highest BCUT2D eigenvalue weighted by Gasteiger charge is 2.23. The Bertz CT molecular complexity index is 521. The van der Waals surface area contributed by atoms with Crippen LogP contribution < -0.4 is 10.0 Å². The predicted octanol–water partition coefficient (Wildman–Crippen LogP) is 1.65. The minimum atomic E-state index is -3.57. The van der Waals surface area contributed by atoms with E-state index in [4.69, 9.17) is 0 Å². The van der Waals surface area contributed by atoms with Crippen molar-refractivity contribution in [3.63, 3.8) is 0 Å². The van der Waals surface area contributed by atoms with Crippen LogP contribution in [0.5, 0.6) is 0 Å². The second kappa shape index (κ2) is 6.29. The molecule has 1 fully saturated rings. The molecule has 1 aromatic carbocycles. The molecule has 1 aliphatic heterocycles. The van der Waals surface area contributed by atoms with Crippen molar-refractivity contribution in [2.24, 2.45) is 0 Å². The molecular weight excluding hydrogens is 347 g/mol. The summed E-state index contributed by atoms with van der Waals surface area (Å²) in [5, 5.41) is 3.07. The third kappa shape index (κ3) is 3.64. The van der Waals surface area contributed by atoms with Crippen molar-refractivity contribution in [3.05, 3.63) is 28.5 Å². The lowest BCUT2D eigenvalue weighted by atomic mass is 10.3. The second-order valence-electron chi connectivity index (χ2n) is 3.89. The molecule has 102 valence electrons. The number of nitrogens with one attached hydrogen (secondary N) is 2. The number of hydrogen-bond donors (Lipinski definition) is 2. The SMILES string of the molecule is Cl.O=S(=O)(NC1CCNC1)c1ccc(F)c(Br)c1. The second-order valence-corrected chi connectivity index (χ2v) is 6.46. The first-order chi connectivity index (χ1) is 7.99. The van der Waals surface area contributed by atoms with Gasteiger partial charge in [-0.15, -0.1) is 12.4 Å². The summed E-state index contributed by atoms with van der Waals surface area (Å²) in [5.41, 5.74) is 0. The summed E-state index contributed by atoms with van der Waals surface area (Å²) in [6.07, 6.45) is 0.765. The lowest BCUT2D eigenvalue weighted by Crippen LogP contribution is -2.36. The van der Waals surface area contributed by atoms with Crippen molar-refractivity contribution in [2.45, 2.75) is 17.4 Å². The maximum Gasteiger partial charge on any atom is 0.240 e. The van der Waals surface area contributed by atoms with Crippen molar-refractivity contribution < 1.29 is 12.8 Å². The van der Waals surface area contributed by atoms with Crippen LogP contribution in [0.3, 0.4) is 0 Å². The molecule has 0 spiro atoms.